The topological polar surface area (TPSA) is 145 Å². The van der Waals surface area contributed by atoms with E-state index in [2.05, 4.69) is 14.8 Å². The Balaban J connectivity index is -0.000000132. The molecule has 0 aromatic carbocycles. The second-order valence-electron chi connectivity index (χ2n) is 7.14. The number of allylic oxidation sites excluding steroid dienone is 2. The fraction of sp³-hybridized carbons (Fsp3) is 0.667. The zero-order valence-corrected chi connectivity index (χ0v) is 19.8. The highest BCUT2D eigenvalue weighted by atomic mass is 16.5. The monoisotopic (exact) mass is 494 g/mol. The Bertz CT molecular complexity index is 632. The summed E-state index contributed by atoms with van der Waals surface area (Å²) in [6.07, 6.45) is 14.1. The Morgan fingerprint density at radius 2 is 1.20 bits per heavy atom. The van der Waals surface area contributed by atoms with Crippen LogP contribution in [0.3, 0.4) is 0 Å². The molecule has 2 saturated carbocycles. The molecule has 0 spiro atoms. The van der Waals surface area contributed by atoms with Crippen molar-refractivity contribution >= 4 is 40.6 Å². The smallest absolute Gasteiger partial charge is 0.328 e. The van der Waals surface area contributed by atoms with Gasteiger partial charge in [0.1, 0.15) is 6.54 Å². The van der Waals surface area contributed by atoms with Crippen molar-refractivity contribution in [2.24, 2.45) is 5.73 Å². The maximum absolute atomic E-state index is 11.3. The molecule has 198 valence electrons. The van der Waals surface area contributed by atoms with Gasteiger partial charge in [-0.25, -0.2) is 4.79 Å². The van der Waals surface area contributed by atoms with E-state index in [1.807, 2.05) is 0 Å². The molecule has 2 fully saturated rings. The molecule has 35 heavy (non-hydrogen) atoms. The van der Waals surface area contributed by atoms with Crippen molar-refractivity contribution in [1.29, 1.82) is 0 Å². The van der Waals surface area contributed by atoms with Gasteiger partial charge in [-0.3, -0.25) is 14.4 Å². The molecule has 0 heterocycles. The molecular weight excluding hydrogens is 450 g/mol. The normalized spacial score (nSPS) is 13.3. The lowest BCUT2D eigenvalue weighted by Gasteiger charge is -2.12. The summed E-state index contributed by atoms with van der Waals surface area (Å²) >= 11 is 0. The first-order valence-electron chi connectivity index (χ1n) is 10.6. The minimum Gasteiger partial charge on any atom is -0.478 e. The number of ether oxygens (including phenoxy) is 2. The van der Waals surface area contributed by atoms with Crippen molar-refractivity contribution in [3.8, 4) is 0 Å². The molecule has 9 nitrogen and oxygen atoms in total. The van der Waals surface area contributed by atoms with Crippen LogP contribution in [0.25, 0.3) is 0 Å². The zero-order valence-electron chi connectivity index (χ0n) is 19.8. The first kappa shape index (κ1) is 42.6. The van der Waals surface area contributed by atoms with E-state index in [1.165, 1.54) is 51.6 Å². The minimum atomic E-state index is -0.795. The third kappa shape index (κ3) is 25.9. The van der Waals surface area contributed by atoms with E-state index in [4.69, 9.17) is 10.8 Å². The summed E-state index contributed by atoms with van der Waals surface area (Å²) in [5.41, 5.74) is 7.10. The second-order valence-corrected chi connectivity index (χ2v) is 7.14. The highest BCUT2D eigenvalue weighted by Crippen LogP contribution is 2.22. The summed E-state index contributed by atoms with van der Waals surface area (Å²) < 4.78 is 8.55. The molecule has 0 unspecified atom stereocenters. The van der Waals surface area contributed by atoms with Crippen molar-refractivity contribution in [2.45, 2.75) is 79.1 Å². The number of methoxy groups -OCH3 is 2. The Morgan fingerprint density at radius 3 is 1.51 bits per heavy atom. The Labute approximate surface area is 215 Å². The van der Waals surface area contributed by atoms with Gasteiger partial charge in [0.2, 0.25) is 5.91 Å². The molecule has 11 heteroatoms. The Hall–Kier alpha value is -2.55. The molecule has 6 radical (unpaired) electrons. The number of nitrogens with two attached hydrogens (primary N) is 1. The molecule has 2 aliphatic carbocycles. The maximum atomic E-state index is 11.3. The number of esters is 2. The van der Waals surface area contributed by atoms with Crippen molar-refractivity contribution in [3.05, 3.63) is 23.3 Å². The highest BCUT2D eigenvalue weighted by Gasteiger charge is 2.08. The molecule has 2 aliphatic rings. The van der Waals surface area contributed by atoms with Gasteiger partial charge in [0.15, 0.2) is 0 Å². The van der Waals surface area contributed by atoms with E-state index >= 15 is 0 Å². The summed E-state index contributed by atoms with van der Waals surface area (Å²) in [5, 5.41) is 10.9. The summed E-state index contributed by atoms with van der Waals surface area (Å²) in [7, 11) is 2.60. The predicted octanol–water partition coefficient (Wildman–Crippen LogP) is 2.76. The van der Waals surface area contributed by atoms with Crippen LogP contribution in [0.4, 0.5) is 0 Å². The van der Waals surface area contributed by atoms with E-state index < -0.39 is 11.9 Å². The number of nitrogens with one attached hydrogen (secondary N) is 1. The fourth-order valence-electron chi connectivity index (χ4n) is 3.03. The first-order chi connectivity index (χ1) is 14.8. The number of aliphatic carboxylic acids is 1. The van der Waals surface area contributed by atoms with Crippen LogP contribution < -0.4 is 11.1 Å². The molecule has 2 rings (SSSR count). The van der Waals surface area contributed by atoms with Gasteiger partial charge >= 0.3 is 17.9 Å². The average Bonchev–Trinajstić information content (AvgIpc) is 2.78. The molecule has 0 aromatic heterocycles. The van der Waals surface area contributed by atoms with Crippen LogP contribution in [0.1, 0.15) is 79.1 Å². The molecule has 0 aliphatic heterocycles. The van der Waals surface area contributed by atoms with Gasteiger partial charge in [-0.1, -0.05) is 38.8 Å². The molecule has 0 aromatic rings. The predicted molar refractivity (Wildman–Crippen MR) is 141 cm³/mol. The van der Waals surface area contributed by atoms with Gasteiger partial charge in [0, 0.05) is 29.0 Å². The van der Waals surface area contributed by atoms with Crippen LogP contribution in [-0.4, -0.2) is 73.1 Å². The minimum absolute atomic E-state index is 0. The van der Waals surface area contributed by atoms with Gasteiger partial charge in [-0.15, -0.1) is 0 Å². The van der Waals surface area contributed by atoms with E-state index in [0.717, 1.165) is 44.1 Å². The third-order valence-electron chi connectivity index (χ3n) is 4.68. The standard InChI is InChI=1S/C11H17NO3.C8H12O2.C3H7NO2.2CH4.2B/c1-15-11(14)8-12-10(13)7-9-5-3-2-4-6-9;9-8(10)6-7-4-2-1-3-5-7;1-6-3(5)2-4;;;;/h7H,2-6,8H2,1H3,(H,12,13);6H,1-5H2,(H,9,10);2,4H2,1H3;2*1H4;;. The van der Waals surface area contributed by atoms with Crippen LogP contribution in [-0.2, 0) is 28.7 Å². The van der Waals surface area contributed by atoms with Crippen molar-refractivity contribution in [1.82, 2.24) is 5.32 Å². The number of carboxylic acids is 1. The van der Waals surface area contributed by atoms with E-state index in [9.17, 15) is 19.2 Å². The van der Waals surface area contributed by atoms with E-state index in [0.29, 0.717) is 0 Å². The first-order valence-corrected chi connectivity index (χ1v) is 10.6. The summed E-state index contributed by atoms with van der Waals surface area (Å²) in [6, 6.07) is 0. The molecule has 4 N–H and O–H groups in total. The number of carboxylic acid groups (broad SMARTS) is 1. The van der Waals surface area contributed by atoms with Gasteiger partial charge in [-0.05, 0) is 51.4 Å². The summed E-state index contributed by atoms with van der Waals surface area (Å²) in [5.74, 6) is -1.80. The van der Waals surface area contributed by atoms with Crippen LogP contribution in [0.15, 0.2) is 23.3 Å². The van der Waals surface area contributed by atoms with Gasteiger partial charge < -0.3 is 25.6 Å². The number of rotatable bonds is 5. The van der Waals surface area contributed by atoms with Crippen LogP contribution in [0.5, 0.6) is 0 Å². The molecule has 1 amide bonds. The summed E-state index contributed by atoms with van der Waals surface area (Å²) in [4.78, 5) is 42.1. The van der Waals surface area contributed by atoms with Gasteiger partial charge in [0.25, 0.3) is 0 Å². The van der Waals surface area contributed by atoms with Gasteiger partial charge in [0.05, 0.1) is 20.8 Å². The Kier molecular flexibility index (Phi) is 33.7. The van der Waals surface area contributed by atoms with E-state index in [1.54, 1.807) is 6.08 Å². The number of carbonyl (C=O) groups excluding carboxylic acids is 3. The zero-order chi connectivity index (χ0) is 23.5. The van der Waals surface area contributed by atoms with Crippen molar-refractivity contribution in [2.75, 3.05) is 27.3 Å². The largest absolute Gasteiger partial charge is 0.478 e. The third-order valence-corrected chi connectivity index (χ3v) is 4.68. The van der Waals surface area contributed by atoms with Gasteiger partial charge in [-0.2, -0.15) is 0 Å². The van der Waals surface area contributed by atoms with Crippen LogP contribution in [0, 0.1) is 0 Å². The number of hydrogen-bond acceptors (Lipinski definition) is 7. The lowest BCUT2D eigenvalue weighted by Crippen LogP contribution is -2.29. The van der Waals surface area contributed by atoms with Crippen LogP contribution in [0.2, 0.25) is 0 Å². The average molecular weight is 494 g/mol. The second kappa shape index (κ2) is 27.7. The molecule has 0 atom stereocenters. The molecular formula is C24H44B2N2O7. The maximum Gasteiger partial charge on any atom is 0.328 e. The number of amides is 1. The fourth-order valence-corrected chi connectivity index (χ4v) is 3.03. The Morgan fingerprint density at radius 1 is 0.800 bits per heavy atom. The lowest BCUT2D eigenvalue weighted by molar-refractivity contribution is -0.140. The highest BCUT2D eigenvalue weighted by molar-refractivity contribution is 5.90. The summed E-state index contributed by atoms with van der Waals surface area (Å²) in [6.45, 7) is -0.0877. The quantitative estimate of drug-likeness (QED) is 0.301. The van der Waals surface area contributed by atoms with Crippen molar-refractivity contribution < 1.29 is 33.8 Å². The number of carbonyl (C=O) groups is 4. The van der Waals surface area contributed by atoms with Crippen LogP contribution >= 0.6 is 0 Å². The lowest BCUT2D eigenvalue weighted by atomic mass is 9.95. The molecule has 0 bridgehead atoms. The van der Waals surface area contributed by atoms with Crippen molar-refractivity contribution in [3.63, 3.8) is 0 Å². The number of hydrogen-bond donors (Lipinski definition) is 3. The molecule has 0 saturated heterocycles. The SMILES string of the molecule is C.C.COC(=O)CN.COC(=O)CNC(=O)C=C1CCCCC1.O=C(O)C=C1CCCCC1.[B].[B]. The van der Waals surface area contributed by atoms with E-state index in [-0.39, 0.29) is 56.6 Å².